The normalized spacial score (nSPS) is 22.1. The van der Waals surface area contributed by atoms with Gasteiger partial charge in [-0.2, -0.15) is 0 Å². The van der Waals surface area contributed by atoms with Gasteiger partial charge in [0.2, 0.25) is 0 Å². The molecule has 1 saturated heterocycles. The van der Waals surface area contributed by atoms with E-state index in [1.807, 2.05) is 5.38 Å². The highest BCUT2D eigenvalue weighted by atomic mass is 32.1. The van der Waals surface area contributed by atoms with Gasteiger partial charge < -0.3 is 4.74 Å². The summed E-state index contributed by atoms with van der Waals surface area (Å²) in [5, 5.41) is 2.87. The van der Waals surface area contributed by atoms with Crippen LogP contribution >= 0.6 is 11.3 Å². The number of hydrogen-bond donors (Lipinski definition) is 0. The van der Waals surface area contributed by atoms with Crippen LogP contribution in [-0.4, -0.2) is 24.0 Å². The van der Waals surface area contributed by atoms with Crippen molar-refractivity contribution in [1.29, 1.82) is 0 Å². The number of rotatable bonds is 2. The first kappa shape index (κ1) is 8.84. The van der Waals surface area contributed by atoms with E-state index in [0.717, 1.165) is 24.6 Å². The zero-order valence-electron chi connectivity index (χ0n) is 7.45. The first-order valence-electron chi connectivity index (χ1n) is 4.31. The number of hydrogen-bond acceptors (Lipinski definition) is 4. The molecule has 1 aromatic rings. The maximum absolute atomic E-state index is 11.0. The molecule has 1 atom stereocenters. The standard InChI is InChI=1S/C9H11NO2S/c1-6(11)8-5-13-9(10-8)7-2-3-12-4-7/h5,7H,2-4H2,1H3. The summed E-state index contributed by atoms with van der Waals surface area (Å²) in [6.45, 7) is 3.12. The van der Waals surface area contributed by atoms with E-state index in [0.29, 0.717) is 11.6 Å². The van der Waals surface area contributed by atoms with E-state index >= 15 is 0 Å². The summed E-state index contributed by atoms with van der Waals surface area (Å²) < 4.78 is 5.26. The Morgan fingerprint density at radius 1 is 1.77 bits per heavy atom. The van der Waals surface area contributed by atoms with Crippen molar-refractivity contribution >= 4 is 17.1 Å². The molecule has 0 radical (unpaired) electrons. The van der Waals surface area contributed by atoms with Crippen molar-refractivity contribution in [2.45, 2.75) is 19.3 Å². The third-order valence-electron chi connectivity index (χ3n) is 2.16. The van der Waals surface area contributed by atoms with Crippen molar-refractivity contribution < 1.29 is 9.53 Å². The molecule has 70 valence electrons. The average molecular weight is 197 g/mol. The third-order valence-corrected chi connectivity index (χ3v) is 3.17. The van der Waals surface area contributed by atoms with Gasteiger partial charge in [0.25, 0.3) is 0 Å². The Labute approximate surface area is 80.8 Å². The van der Waals surface area contributed by atoms with Gasteiger partial charge in [-0.05, 0) is 6.42 Å². The average Bonchev–Trinajstić information content (AvgIpc) is 2.75. The Morgan fingerprint density at radius 3 is 3.15 bits per heavy atom. The van der Waals surface area contributed by atoms with Gasteiger partial charge in [0.05, 0.1) is 11.6 Å². The molecule has 1 unspecified atom stereocenters. The minimum Gasteiger partial charge on any atom is -0.381 e. The Balaban J connectivity index is 2.16. The summed E-state index contributed by atoms with van der Waals surface area (Å²) in [5.74, 6) is 0.458. The smallest absolute Gasteiger partial charge is 0.178 e. The van der Waals surface area contributed by atoms with Gasteiger partial charge in [0.1, 0.15) is 5.69 Å². The van der Waals surface area contributed by atoms with E-state index in [-0.39, 0.29) is 5.78 Å². The molecule has 13 heavy (non-hydrogen) atoms. The summed E-state index contributed by atoms with van der Waals surface area (Å²) in [6, 6.07) is 0. The molecule has 2 heterocycles. The highest BCUT2D eigenvalue weighted by Crippen LogP contribution is 2.27. The summed E-state index contributed by atoms with van der Waals surface area (Å²) in [6.07, 6.45) is 1.03. The van der Waals surface area contributed by atoms with Crippen molar-refractivity contribution in [3.05, 3.63) is 16.1 Å². The van der Waals surface area contributed by atoms with Gasteiger partial charge in [0, 0.05) is 24.8 Å². The Bertz CT molecular complexity index is 315. The third kappa shape index (κ3) is 1.78. The lowest BCUT2D eigenvalue weighted by molar-refractivity contribution is 0.101. The van der Waals surface area contributed by atoms with Crippen LogP contribution < -0.4 is 0 Å². The quantitative estimate of drug-likeness (QED) is 0.679. The first-order valence-corrected chi connectivity index (χ1v) is 5.19. The van der Waals surface area contributed by atoms with E-state index in [1.54, 1.807) is 18.3 Å². The van der Waals surface area contributed by atoms with Gasteiger partial charge in [-0.1, -0.05) is 0 Å². The minimum absolute atomic E-state index is 0.0430. The second kappa shape index (κ2) is 3.55. The fourth-order valence-corrected chi connectivity index (χ4v) is 2.35. The number of ether oxygens (including phenoxy) is 1. The van der Waals surface area contributed by atoms with E-state index in [9.17, 15) is 4.79 Å². The predicted octanol–water partition coefficient (Wildman–Crippen LogP) is 1.85. The monoisotopic (exact) mass is 197 g/mol. The number of nitrogens with zero attached hydrogens (tertiary/aromatic N) is 1. The van der Waals surface area contributed by atoms with E-state index < -0.39 is 0 Å². The Kier molecular flexibility index (Phi) is 2.42. The lowest BCUT2D eigenvalue weighted by Crippen LogP contribution is -1.98. The molecule has 0 spiro atoms. The number of thiazole rings is 1. The molecule has 1 aliphatic rings. The van der Waals surface area contributed by atoms with Crippen LogP contribution in [0.4, 0.5) is 0 Å². The molecule has 0 saturated carbocycles. The number of carbonyl (C=O) groups excluding carboxylic acids is 1. The van der Waals surface area contributed by atoms with Crippen LogP contribution in [0.2, 0.25) is 0 Å². The Hall–Kier alpha value is -0.740. The van der Waals surface area contributed by atoms with Gasteiger partial charge in [-0.25, -0.2) is 4.98 Å². The maximum Gasteiger partial charge on any atom is 0.178 e. The van der Waals surface area contributed by atoms with Crippen molar-refractivity contribution in [2.24, 2.45) is 0 Å². The zero-order valence-corrected chi connectivity index (χ0v) is 8.26. The summed E-state index contributed by atoms with van der Waals surface area (Å²) >= 11 is 1.56. The summed E-state index contributed by atoms with van der Waals surface area (Å²) in [7, 11) is 0. The number of Topliss-reactive ketones (excluding diaryl/α,β-unsaturated/α-hetero) is 1. The molecule has 0 aromatic carbocycles. The van der Waals surface area contributed by atoms with Gasteiger partial charge in [-0.3, -0.25) is 4.79 Å². The van der Waals surface area contributed by atoms with Crippen molar-refractivity contribution in [3.63, 3.8) is 0 Å². The summed E-state index contributed by atoms with van der Waals surface area (Å²) in [5.41, 5.74) is 0.590. The number of ketones is 1. The predicted molar refractivity (Wildman–Crippen MR) is 50.3 cm³/mol. The molecule has 1 aromatic heterocycles. The maximum atomic E-state index is 11.0. The van der Waals surface area contributed by atoms with Crippen LogP contribution in [0.1, 0.15) is 34.8 Å². The van der Waals surface area contributed by atoms with Crippen molar-refractivity contribution in [3.8, 4) is 0 Å². The molecule has 1 aliphatic heterocycles. The lowest BCUT2D eigenvalue weighted by atomic mass is 10.1. The largest absolute Gasteiger partial charge is 0.381 e. The fraction of sp³-hybridized carbons (Fsp3) is 0.556. The molecule has 0 aliphatic carbocycles. The van der Waals surface area contributed by atoms with Crippen LogP contribution in [0.25, 0.3) is 0 Å². The number of carbonyl (C=O) groups is 1. The van der Waals surface area contributed by atoms with Gasteiger partial charge >= 0.3 is 0 Å². The molecule has 2 rings (SSSR count). The van der Waals surface area contributed by atoms with Crippen LogP contribution in [0, 0.1) is 0 Å². The van der Waals surface area contributed by atoms with Gasteiger partial charge in [0.15, 0.2) is 5.78 Å². The minimum atomic E-state index is 0.0430. The molecule has 3 nitrogen and oxygen atoms in total. The SMILES string of the molecule is CC(=O)c1csc(C2CCOC2)n1. The van der Waals surface area contributed by atoms with E-state index in [4.69, 9.17) is 4.74 Å². The van der Waals surface area contributed by atoms with Crippen LogP contribution in [0.3, 0.4) is 0 Å². The van der Waals surface area contributed by atoms with Crippen molar-refractivity contribution in [2.75, 3.05) is 13.2 Å². The topological polar surface area (TPSA) is 39.2 Å². The number of aromatic nitrogens is 1. The molecular weight excluding hydrogens is 186 g/mol. The highest BCUT2D eigenvalue weighted by molar-refractivity contribution is 7.09. The first-order chi connectivity index (χ1) is 6.27. The molecule has 1 fully saturated rings. The zero-order chi connectivity index (χ0) is 9.26. The molecule has 0 amide bonds. The van der Waals surface area contributed by atoms with E-state index in [1.165, 1.54) is 0 Å². The molecule has 0 N–H and O–H groups in total. The molecule has 4 heteroatoms. The highest BCUT2D eigenvalue weighted by Gasteiger charge is 2.21. The second-order valence-electron chi connectivity index (χ2n) is 3.19. The van der Waals surface area contributed by atoms with Crippen LogP contribution in [0.15, 0.2) is 5.38 Å². The van der Waals surface area contributed by atoms with Crippen molar-refractivity contribution in [1.82, 2.24) is 4.98 Å². The molecule has 0 bridgehead atoms. The Morgan fingerprint density at radius 2 is 2.62 bits per heavy atom. The second-order valence-corrected chi connectivity index (χ2v) is 4.08. The molecular formula is C9H11NO2S. The van der Waals surface area contributed by atoms with Crippen LogP contribution in [0.5, 0.6) is 0 Å². The fourth-order valence-electron chi connectivity index (χ4n) is 1.37. The summed E-state index contributed by atoms with van der Waals surface area (Å²) in [4.78, 5) is 15.3. The lowest BCUT2D eigenvalue weighted by Gasteiger charge is -2.00. The van der Waals surface area contributed by atoms with E-state index in [2.05, 4.69) is 4.98 Å². The van der Waals surface area contributed by atoms with Gasteiger partial charge in [-0.15, -0.1) is 11.3 Å². The van der Waals surface area contributed by atoms with Crippen LogP contribution in [-0.2, 0) is 4.74 Å².